The Morgan fingerprint density at radius 3 is 2.41 bits per heavy atom. The first-order valence-corrected chi connectivity index (χ1v) is 6.29. The number of nitrogens with one attached hydrogen (secondary N) is 1. The zero-order chi connectivity index (χ0) is 12.3. The minimum Gasteiger partial charge on any atom is -0.508 e. The van der Waals surface area contributed by atoms with Crippen molar-refractivity contribution in [2.24, 2.45) is 5.92 Å². The molecule has 1 fully saturated rings. The average Bonchev–Trinajstić information content (AvgIpc) is 2.33. The topological polar surface area (TPSA) is 52.5 Å². The molecular formula is C14H21NO2. The fourth-order valence-electron chi connectivity index (χ4n) is 2.62. The Kier molecular flexibility index (Phi) is 3.69. The maximum Gasteiger partial charge on any atom is 0.115 e. The largest absolute Gasteiger partial charge is 0.508 e. The molecule has 3 heteroatoms. The van der Waals surface area contributed by atoms with E-state index in [9.17, 15) is 10.2 Å². The first-order chi connectivity index (χ1) is 8.08. The molecular weight excluding hydrogens is 214 g/mol. The van der Waals surface area contributed by atoms with Gasteiger partial charge >= 0.3 is 0 Å². The van der Waals surface area contributed by atoms with Gasteiger partial charge in [0.1, 0.15) is 5.75 Å². The van der Waals surface area contributed by atoms with Crippen molar-refractivity contribution in [1.82, 2.24) is 5.32 Å². The molecule has 1 aromatic rings. The third kappa shape index (κ3) is 3.20. The average molecular weight is 235 g/mol. The summed E-state index contributed by atoms with van der Waals surface area (Å²) in [5.74, 6) is 0.632. The zero-order valence-electron chi connectivity index (χ0n) is 10.3. The van der Waals surface area contributed by atoms with Crippen molar-refractivity contribution < 1.29 is 10.2 Å². The summed E-state index contributed by atoms with van der Waals surface area (Å²) in [6.45, 7) is 3.92. The number of phenols is 1. The zero-order valence-corrected chi connectivity index (χ0v) is 10.3. The van der Waals surface area contributed by atoms with Crippen LogP contribution in [0.1, 0.15) is 25.3 Å². The lowest BCUT2D eigenvalue weighted by Gasteiger charge is -2.36. The molecule has 0 radical (unpaired) electrons. The van der Waals surface area contributed by atoms with Gasteiger partial charge in [-0.25, -0.2) is 0 Å². The molecule has 3 N–H and O–H groups in total. The van der Waals surface area contributed by atoms with Crippen LogP contribution in [0.4, 0.5) is 0 Å². The second-order valence-corrected chi connectivity index (χ2v) is 5.22. The molecule has 1 aliphatic rings. The number of hydrogen-bond donors (Lipinski definition) is 3. The van der Waals surface area contributed by atoms with Crippen LogP contribution in [0.3, 0.4) is 0 Å². The number of aliphatic hydroxyl groups is 1. The first kappa shape index (κ1) is 12.4. The first-order valence-electron chi connectivity index (χ1n) is 6.29. The molecule has 1 unspecified atom stereocenters. The third-order valence-corrected chi connectivity index (χ3v) is 3.72. The molecule has 2 rings (SSSR count). The van der Waals surface area contributed by atoms with Gasteiger partial charge in [0, 0.05) is 6.42 Å². The van der Waals surface area contributed by atoms with Crippen LogP contribution in [0.5, 0.6) is 5.75 Å². The van der Waals surface area contributed by atoms with Gasteiger partial charge < -0.3 is 15.5 Å². The van der Waals surface area contributed by atoms with Gasteiger partial charge in [0.25, 0.3) is 0 Å². The Morgan fingerprint density at radius 1 is 1.24 bits per heavy atom. The predicted molar refractivity (Wildman–Crippen MR) is 68.0 cm³/mol. The van der Waals surface area contributed by atoms with E-state index in [0.717, 1.165) is 31.5 Å². The summed E-state index contributed by atoms with van der Waals surface area (Å²) in [6.07, 6.45) is 2.72. The minimum atomic E-state index is -0.654. The fourth-order valence-corrected chi connectivity index (χ4v) is 2.62. The Hall–Kier alpha value is -1.06. The van der Waals surface area contributed by atoms with Crippen molar-refractivity contribution in [3.8, 4) is 5.75 Å². The quantitative estimate of drug-likeness (QED) is 0.747. The van der Waals surface area contributed by atoms with Gasteiger partial charge in [-0.15, -0.1) is 0 Å². The Bertz CT molecular complexity index is 353. The highest BCUT2D eigenvalue weighted by Crippen LogP contribution is 2.29. The smallest absolute Gasteiger partial charge is 0.115 e. The van der Waals surface area contributed by atoms with E-state index >= 15 is 0 Å². The summed E-state index contributed by atoms with van der Waals surface area (Å²) in [5.41, 5.74) is 0.422. The molecule has 3 nitrogen and oxygen atoms in total. The van der Waals surface area contributed by atoms with E-state index in [0.29, 0.717) is 12.3 Å². The maximum atomic E-state index is 10.6. The number of rotatable bonds is 3. The van der Waals surface area contributed by atoms with Gasteiger partial charge in [0.15, 0.2) is 0 Å². The van der Waals surface area contributed by atoms with E-state index in [1.807, 2.05) is 19.1 Å². The molecule has 94 valence electrons. The highest BCUT2D eigenvalue weighted by molar-refractivity contribution is 5.27. The maximum absolute atomic E-state index is 10.6. The number of aromatic hydroxyl groups is 1. The lowest BCUT2D eigenvalue weighted by Crippen LogP contribution is -2.43. The molecule has 1 aromatic carbocycles. The van der Waals surface area contributed by atoms with Crippen molar-refractivity contribution in [3.63, 3.8) is 0 Å². The van der Waals surface area contributed by atoms with Crippen LogP contribution in [-0.4, -0.2) is 28.9 Å². The molecule has 1 aliphatic heterocycles. The molecule has 0 amide bonds. The van der Waals surface area contributed by atoms with E-state index in [1.165, 1.54) is 0 Å². The summed E-state index contributed by atoms with van der Waals surface area (Å²) in [5, 5.41) is 23.1. The van der Waals surface area contributed by atoms with Crippen LogP contribution in [0.25, 0.3) is 0 Å². The lowest BCUT2D eigenvalue weighted by molar-refractivity contribution is -0.0131. The Labute approximate surface area is 102 Å². The third-order valence-electron chi connectivity index (χ3n) is 3.72. The molecule has 1 atom stereocenters. The van der Waals surface area contributed by atoms with E-state index in [-0.39, 0.29) is 5.75 Å². The van der Waals surface area contributed by atoms with Crippen molar-refractivity contribution >= 4 is 0 Å². The van der Waals surface area contributed by atoms with Crippen molar-refractivity contribution in [2.45, 2.75) is 31.8 Å². The highest BCUT2D eigenvalue weighted by Gasteiger charge is 2.32. The van der Waals surface area contributed by atoms with Gasteiger partial charge in [-0.3, -0.25) is 0 Å². The lowest BCUT2D eigenvalue weighted by atomic mass is 9.78. The van der Waals surface area contributed by atoms with Gasteiger partial charge in [-0.05, 0) is 56.5 Å². The monoisotopic (exact) mass is 235 g/mol. The van der Waals surface area contributed by atoms with Crippen molar-refractivity contribution in [1.29, 1.82) is 0 Å². The van der Waals surface area contributed by atoms with Crippen LogP contribution in [-0.2, 0) is 6.42 Å². The standard InChI is InChI=1S/C14H21NO2/c1-14(17,12-6-8-15-9-7-12)10-11-2-4-13(16)5-3-11/h2-5,12,15-17H,6-10H2,1H3. The summed E-state index contributed by atoms with van der Waals surface area (Å²) in [6, 6.07) is 7.11. The highest BCUT2D eigenvalue weighted by atomic mass is 16.3. The molecule has 17 heavy (non-hydrogen) atoms. The summed E-state index contributed by atoms with van der Waals surface area (Å²) in [7, 11) is 0. The van der Waals surface area contributed by atoms with Gasteiger partial charge in [0.2, 0.25) is 0 Å². The minimum absolute atomic E-state index is 0.273. The number of phenolic OH excluding ortho intramolecular Hbond substituents is 1. The number of hydrogen-bond acceptors (Lipinski definition) is 3. The normalized spacial score (nSPS) is 21.1. The van der Waals surface area contributed by atoms with Crippen LogP contribution < -0.4 is 5.32 Å². The molecule has 1 heterocycles. The van der Waals surface area contributed by atoms with E-state index < -0.39 is 5.60 Å². The van der Waals surface area contributed by atoms with Crippen LogP contribution in [0, 0.1) is 5.92 Å². The second-order valence-electron chi connectivity index (χ2n) is 5.22. The number of piperidine rings is 1. The van der Waals surface area contributed by atoms with Gasteiger partial charge in [0.05, 0.1) is 5.60 Å². The SMILES string of the molecule is CC(O)(Cc1ccc(O)cc1)C1CCNCC1. The van der Waals surface area contributed by atoms with Crippen molar-refractivity contribution in [3.05, 3.63) is 29.8 Å². The fraction of sp³-hybridized carbons (Fsp3) is 0.571. The molecule has 1 saturated heterocycles. The van der Waals surface area contributed by atoms with Gasteiger partial charge in [-0.2, -0.15) is 0 Å². The molecule has 0 aliphatic carbocycles. The molecule has 0 spiro atoms. The Balaban J connectivity index is 2.02. The van der Waals surface area contributed by atoms with E-state index in [4.69, 9.17) is 0 Å². The van der Waals surface area contributed by atoms with Crippen LogP contribution in [0.15, 0.2) is 24.3 Å². The van der Waals surface area contributed by atoms with Crippen LogP contribution >= 0.6 is 0 Å². The molecule has 0 saturated carbocycles. The molecule has 0 bridgehead atoms. The predicted octanol–water partition coefficient (Wildman–Crippen LogP) is 1.69. The number of benzene rings is 1. The molecule has 0 aromatic heterocycles. The second kappa shape index (κ2) is 5.07. The summed E-state index contributed by atoms with van der Waals surface area (Å²) < 4.78 is 0. The van der Waals surface area contributed by atoms with Gasteiger partial charge in [-0.1, -0.05) is 12.1 Å². The van der Waals surface area contributed by atoms with Crippen molar-refractivity contribution in [2.75, 3.05) is 13.1 Å². The van der Waals surface area contributed by atoms with E-state index in [2.05, 4.69) is 5.32 Å². The van der Waals surface area contributed by atoms with Crippen LogP contribution in [0.2, 0.25) is 0 Å². The van der Waals surface area contributed by atoms with E-state index in [1.54, 1.807) is 12.1 Å². The Morgan fingerprint density at radius 2 is 1.82 bits per heavy atom. The summed E-state index contributed by atoms with van der Waals surface area (Å²) in [4.78, 5) is 0. The summed E-state index contributed by atoms with van der Waals surface area (Å²) >= 11 is 0.